The molecule has 2 N–H and O–H groups in total. The molecule has 0 radical (unpaired) electrons. The SMILES string of the molecule is CCNC(=NCCn1cnnc1CC)NC1CCN(S(=O)(=O)C(F)(F)F)CC1. The van der Waals surface area contributed by atoms with Gasteiger partial charge in [-0.1, -0.05) is 6.92 Å². The number of alkyl halides is 3. The molecular weight excluding hydrogens is 399 g/mol. The molecule has 0 bridgehead atoms. The number of aromatic nitrogens is 3. The van der Waals surface area contributed by atoms with E-state index in [1.807, 2.05) is 18.4 Å². The van der Waals surface area contributed by atoms with Gasteiger partial charge in [-0.05, 0) is 19.8 Å². The van der Waals surface area contributed by atoms with Gasteiger partial charge in [0.05, 0.1) is 6.54 Å². The molecule has 13 heteroatoms. The molecule has 2 heterocycles. The first-order chi connectivity index (χ1) is 13.2. The number of halogens is 3. The molecule has 0 saturated carbocycles. The van der Waals surface area contributed by atoms with Crippen LogP contribution in [0.15, 0.2) is 11.3 Å². The van der Waals surface area contributed by atoms with Crippen molar-refractivity contribution in [1.82, 2.24) is 29.7 Å². The highest BCUT2D eigenvalue weighted by Crippen LogP contribution is 2.28. The van der Waals surface area contributed by atoms with E-state index in [4.69, 9.17) is 0 Å². The normalized spacial score (nSPS) is 17.7. The van der Waals surface area contributed by atoms with E-state index in [1.54, 1.807) is 6.33 Å². The fraction of sp³-hybridized carbons (Fsp3) is 0.800. The second-order valence-electron chi connectivity index (χ2n) is 6.32. The van der Waals surface area contributed by atoms with Crippen molar-refractivity contribution in [1.29, 1.82) is 0 Å². The van der Waals surface area contributed by atoms with Crippen molar-refractivity contribution in [3.63, 3.8) is 0 Å². The molecule has 0 amide bonds. The third kappa shape index (κ3) is 5.56. The van der Waals surface area contributed by atoms with Gasteiger partial charge in [0.1, 0.15) is 12.2 Å². The van der Waals surface area contributed by atoms with Crippen molar-refractivity contribution >= 4 is 16.0 Å². The summed E-state index contributed by atoms with van der Waals surface area (Å²) in [7, 11) is -5.26. The molecule has 0 unspecified atom stereocenters. The molecule has 1 fully saturated rings. The number of piperidine rings is 1. The van der Waals surface area contributed by atoms with E-state index >= 15 is 0 Å². The van der Waals surface area contributed by atoms with Crippen LogP contribution < -0.4 is 10.6 Å². The van der Waals surface area contributed by atoms with Crippen molar-refractivity contribution < 1.29 is 21.6 Å². The van der Waals surface area contributed by atoms with E-state index in [2.05, 4.69) is 25.8 Å². The van der Waals surface area contributed by atoms with Gasteiger partial charge in [-0.3, -0.25) is 4.99 Å². The minimum Gasteiger partial charge on any atom is -0.357 e. The van der Waals surface area contributed by atoms with Crippen molar-refractivity contribution in [3.05, 3.63) is 12.2 Å². The largest absolute Gasteiger partial charge is 0.511 e. The van der Waals surface area contributed by atoms with Gasteiger partial charge in [-0.15, -0.1) is 10.2 Å². The van der Waals surface area contributed by atoms with Gasteiger partial charge in [-0.25, -0.2) is 8.42 Å². The van der Waals surface area contributed by atoms with E-state index in [-0.39, 0.29) is 32.0 Å². The number of rotatable bonds is 7. The highest BCUT2D eigenvalue weighted by Gasteiger charge is 2.50. The fourth-order valence-corrected chi connectivity index (χ4v) is 3.89. The van der Waals surface area contributed by atoms with E-state index in [1.165, 1.54) is 0 Å². The van der Waals surface area contributed by atoms with Crippen LogP contribution in [0.2, 0.25) is 0 Å². The van der Waals surface area contributed by atoms with Crippen LogP contribution in [0.3, 0.4) is 0 Å². The molecule has 0 aliphatic carbocycles. The van der Waals surface area contributed by atoms with Crippen LogP contribution in [-0.2, 0) is 23.0 Å². The average molecular weight is 425 g/mol. The Morgan fingerprint density at radius 3 is 2.57 bits per heavy atom. The highest BCUT2D eigenvalue weighted by atomic mass is 32.2. The summed E-state index contributed by atoms with van der Waals surface area (Å²) in [5, 5.41) is 14.1. The van der Waals surface area contributed by atoms with Crippen molar-refractivity contribution in [2.24, 2.45) is 4.99 Å². The Morgan fingerprint density at radius 2 is 2.00 bits per heavy atom. The van der Waals surface area contributed by atoms with Crippen LogP contribution in [-0.4, -0.2) is 71.2 Å². The lowest BCUT2D eigenvalue weighted by atomic mass is 10.1. The fourth-order valence-electron chi connectivity index (χ4n) is 2.91. The second kappa shape index (κ2) is 9.54. The number of nitrogens with zero attached hydrogens (tertiary/aromatic N) is 5. The van der Waals surface area contributed by atoms with Gasteiger partial charge >= 0.3 is 15.5 Å². The summed E-state index contributed by atoms with van der Waals surface area (Å²) in [4.78, 5) is 4.47. The molecule has 1 saturated heterocycles. The van der Waals surface area contributed by atoms with E-state index in [0.717, 1.165) is 12.2 Å². The monoisotopic (exact) mass is 425 g/mol. The number of nitrogens with one attached hydrogen (secondary N) is 2. The molecule has 0 aromatic carbocycles. The minimum atomic E-state index is -5.26. The molecule has 1 aliphatic rings. The van der Waals surface area contributed by atoms with Crippen LogP contribution >= 0.6 is 0 Å². The predicted octanol–water partition coefficient (Wildman–Crippen LogP) is 0.710. The standard InChI is InChI=1S/C15H26F3N7O2S/c1-3-13-23-21-11-24(13)10-7-20-14(19-4-2)22-12-5-8-25(9-6-12)28(26,27)15(16,17)18/h11-12H,3-10H2,1-2H3,(H2,19,20,22). The number of sulfonamides is 1. The smallest absolute Gasteiger partial charge is 0.357 e. The van der Waals surface area contributed by atoms with E-state index in [0.29, 0.717) is 29.9 Å². The third-order valence-corrected chi connectivity index (χ3v) is 6.02. The quantitative estimate of drug-likeness (QED) is 0.493. The highest BCUT2D eigenvalue weighted by molar-refractivity contribution is 7.90. The number of aliphatic imine (C=N–C) groups is 1. The van der Waals surface area contributed by atoms with Gasteiger partial charge < -0.3 is 15.2 Å². The Bertz CT molecular complexity index is 756. The zero-order valence-corrected chi connectivity index (χ0v) is 16.7. The summed E-state index contributed by atoms with van der Waals surface area (Å²) in [6.45, 7) is 5.24. The summed E-state index contributed by atoms with van der Waals surface area (Å²) < 4.78 is 63.3. The maximum atomic E-state index is 12.7. The van der Waals surface area contributed by atoms with Gasteiger partial charge in [0, 0.05) is 38.6 Å². The first-order valence-corrected chi connectivity index (χ1v) is 10.6. The summed E-state index contributed by atoms with van der Waals surface area (Å²) in [5.74, 6) is 1.41. The van der Waals surface area contributed by atoms with Crippen LogP contribution in [0.1, 0.15) is 32.5 Å². The Labute approximate surface area is 162 Å². The average Bonchev–Trinajstić information content (AvgIpc) is 3.09. The van der Waals surface area contributed by atoms with E-state index in [9.17, 15) is 21.6 Å². The summed E-state index contributed by atoms with van der Waals surface area (Å²) in [6.07, 6.45) is 2.95. The van der Waals surface area contributed by atoms with Crippen LogP contribution in [0, 0.1) is 0 Å². The second-order valence-corrected chi connectivity index (χ2v) is 8.25. The number of hydrogen-bond acceptors (Lipinski definition) is 5. The van der Waals surface area contributed by atoms with Crippen molar-refractivity contribution in [2.45, 2.75) is 51.2 Å². The van der Waals surface area contributed by atoms with Gasteiger partial charge in [0.15, 0.2) is 5.96 Å². The Balaban J connectivity index is 1.89. The lowest BCUT2D eigenvalue weighted by Gasteiger charge is -2.32. The van der Waals surface area contributed by atoms with Gasteiger partial charge in [0.25, 0.3) is 0 Å². The molecule has 2 rings (SSSR count). The van der Waals surface area contributed by atoms with Crippen LogP contribution in [0.25, 0.3) is 0 Å². The maximum absolute atomic E-state index is 12.7. The van der Waals surface area contributed by atoms with Gasteiger partial charge in [0.2, 0.25) is 0 Å². The first-order valence-electron chi connectivity index (χ1n) is 9.17. The zero-order valence-electron chi connectivity index (χ0n) is 15.9. The summed E-state index contributed by atoms with van der Waals surface area (Å²) in [5.41, 5.74) is -5.26. The maximum Gasteiger partial charge on any atom is 0.511 e. The molecule has 1 aromatic heterocycles. The molecule has 28 heavy (non-hydrogen) atoms. The van der Waals surface area contributed by atoms with Crippen molar-refractivity contribution in [2.75, 3.05) is 26.2 Å². The molecule has 0 spiro atoms. The topological polar surface area (TPSA) is 105 Å². The Morgan fingerprint density at radius 1 is 1.32 bits per heavy atom. The number of hydrogen-bond donors (Lipinski definition) is 2. The summed E-state index contributed by atoms with van der Waals surface area (Å²) >= 11 is 0. The van der Waals surface area contributed by atoms with Crippen molar-refractivity contribution in [3.8, 4) is 0 Å². The molecule has 0 atom stereocenters. The van der Waals surface area contributed by atoms with Gasteiger partial charge in [-0.2, -0.15) is 17.5 Å². The molecule has 160 valence electrons. The molecular formula is C15H26F3N7O2S. The lowest BCUT2D eigenvalue weighted by molar-refractivity contribution is -0.0494. The number of guanidine groups is 1. The Hall–Kier alpha value is -1.89. The lowest BCUT2D eigenvalue weighted by Crippen LogP contribution is -2.51. The van der Waals surface area contributed by atoms with E-state index < -0.39 is 15.5 Å². The third-order valence-electron chi connectivity index (χ3n) is 4.39. The number of aryl methyl sites for hydroxylation is 1. The first kappa shape index (κ1) is 22.4. The minimum absolute atomic E-state index is 0.154. The molecule has 1 aliphatic heterocycles. The Kier molecular flexibility index (Phi) is 7.63. The van der Waals surface area contributed by atoms with Crippen LogP contribution in [0.4, 0.5) is 13.2 Å². The zero-order chi connectivity index (χ0) is 20.8. The molecule has 9 nitrogen and oxygen atoms in total. The summed E-state index contributed by atoms with van der Waals surface area (Å²) in [6, 6.07) is -0.154. The predicted molar refractivity (Wildman–Crippen MR) is 98.1 cm³/mol. The van der Waals surface area contributed by atoms with Crippen LogP contribution in [0.5, 0.6) is 0 Å². The molecule has 1 aromatic rings.